The lowest BCUT2D eigenvalue weighted by atomic mass is 9.78. The van der Waals surface area contributed by atoms with Crippen LogP contribution in [0.25, 0.3) is 6.08 Å². The molecule has 1 aromatic rings. The van der Waals surface area contributed by atoms with Gasteiger partial charge in [0.15, 0.2) is 5.78 Å². The Hall–Kier alpha value is -2.10. The third-order valence-electron chi connectivity index (χ3n) is 3.93. The number of ketones is 1. The van der Waals surface area contributed by atoms with E-state index in [9.17, 15) is 14.7 Å². The Morgan fingerprint density at radius 3 is 1.80 bits per heavy atom. The highest BCUT2D eigenvalue weighted by molar-refractivity contribution is 6.19. The summed E-state index contributed by atoms with van der Waals surface area (Å²) in [4.78, 5) is 23.9. The van der Waals surface area contributed by atoms with Gasteiger partial charge in [-0.05, 0) is 48.4 Å². The zero-order valence-electron chi connectivity index (χ0n) is 16.6. The summed E-state index contributed by atoms with van der Waals surface area (Å²) in [6, 6.07) is 3.65. The van der Waals surface area contributed by atoms with Crippen LogP contribution in [0.2, 0.25) is 0 Å². The monoisotopic (exact) mass is 346 g/mol. The topological polar surface area (TPSA) is 63.6 Å². The molecule has 0 aliphatic heterocycles. The van der Waals surface area contributed by atoms with Crippen molar-refractivity contribution in [2.45, 2.75) is 66.2 Å². The van der Waals surface area contributed by atoms with E-state index in [0.717, 1.165) is 11.1 Å². The highest BCUT2D eigenvalue weighted by atomic mass is 16.5. The number of esters is 1. The summed E-state index contributed by atoms with van der Waals surface area (Å²) >= 11 is 0. The number of carbonyl (C=O) groups excluding carboxylic acids is 2. The molecule has 4 heteroatoms. The van der Waals surface area contributed by atoms with Crippen LogP contribution in [-0.4, -0.2) is 23.5 Å². The maximum Gasteiger partial charge on any atom is 0.341 e. The van der Waals surface area contributed by atoms with Crippen molar-refractivity contribution >= 4 is 17.8 Å². The molecule has 0 heterocycles. The van der Waals surface area contributed by atoms with Crippen LogP contribution in [0, 0.1) is 0 Å². The molecule has 25 heavy (non-hydrogen) atoms. The Labute approximate surface area is 150 Å². The number of carbonyl (C=O) groups is 2. The number of hydrogen-bond acceptors (Lipinski definition) is 4. The lowest BCUT2D eigenvalue weighted by molar-refractivity contribution is -0.139. The first-order valence-corrected chi connectivity index (χ1v) is 8.56. The SMILES string of the molecule is CCOC(=O)C(=Cc1cc(C(C)(C)C)c(O)c(C(C)(C)C)c1)C(C)=O. The third-order valence-corrected chi connectivity index (χ3v) is 3.93. The fourth-order valence-electron chi connectivity index (χ4n) is 2.56. The van der Waals surface area contributed by atoms with Crippen LogP contribution >= 0.6 is 0 Å². The van der Waals surface area contributed by atoms with Gasteiger partial charge in [0.1, 0.15) is 11.3 Å². The fourth-order valence-corrected chi connectivity index (χ4v) is 2.56. The normalized spacial score (nSPS) is 12.9. The Morgan fingerprint density at radius 2 is 1.48 bits per heavy atom. The van der Waals surface area contributed by atoms with E-state index in [1.807, 2.05) is 53.7 Å². The number of benzene rings is 1. The molecular formula is C21H30O4. The van der Waals surface area contributed by atoms with Crippen LogP contribution in [0.3, 0.4) is 0 Å². The molecule has 0 unspecified atom stereocenters. The third kappa shape index (κ3) is 5.18. The Kier molecular flexibility index (Phi) is 6.22. The van der Waals surface area contributed by atoms with Crippen LogP contribution in [-0.2, 0) is 25.2 Å². The molecular weight excluding hydrogens is 316 g/mol. The molecule has 0 fully saturated rings. The van der Waals surface area contributed by atoms with Gasteiger partial charge in [-0.1, -0.05) is 41.5 Å². The molecule has 0 spiro atoms. The van der Waals surface area contributed by atoms with E-state index >= 15 is 0 Å². The van der Waals surface area contributed by atoms with E-state index in [-0.39, 0.29) is 34.5 Å². The molecule has 0 amide bonds. The molecule has 138 valence electrons. The summed E-state index contributed by atoms with van der Waals surface area (Å²) < 4.78 is 4.98. The van der Waals surface area contributed by atoms with Crippen molar-refractivity contribution in [3.8, 4) is 5.75 Å². The van der Waals surface area contributed by atoms with Gasteiger partial charge < -0.3 is 9.84 Å². The minimum absolute atomic E-state index is 0.00672. The average Bonchev–Trinajstić information content (AvgIpc) is 2.43. The minimum atomic E-state index is -0.627. The van der Waals surface area contributed by atoms with Gasteiger partial charge in [0.2, 0.25) is 0 Å². The van der Waals surface area contributed by atoms with Crippen molar-refractivity contribution in [2.24, 2.45) is 0 Å². The van der Waals surface area contributed by atoms with Crippen LogP contribution in [0.1, 0.15) is 72.1 Å². The van der Waals surface area contributed by atoms with E-state index in [0.29, 0.717) is 5.56 Å². The molecule has 1 aromatic carbocycles. The molecule has 0 aliphatic rings. The molecule has 4 nitrogen and oxygen atoms in total. The van der Waals surface area contributed by atoms with Crippen molar-refractivity contribution in [1.82, 2.24) is 0 Å². The smallest absolute Gasteiger partial charge is 0.341 e. The van der Waals surface area contributed by atoms with Crippen molar-refractivity contribution in [3.63, 3.8) is 0 Å². The Morgan fingerprint density at radius 1 is 1.04 bits per heavy atom. The first-order chi connectivity index (χ1) is 11.3. The lowest BCUT2D eigenvalue weighted by Gasteiger charge is -2.28. The molecule has 0 radical (unpaired) electrons. The number of ether oxygens (including phenoxy) is 1. The maximum atomic E-state index is 12.1. The number of phenolic OH excluding ortho intramolecular Hbond substituents is 1. The van der Waals surface area contributed by atoms with Crippen LogP contribution in [0.4, 0.5) is 0 Å². The van der Waals surface area contributed by atoms with Gasteiger partial charge in [0.05, 0.1) is 6.61 Å². The summed E-state index contributed by atoms with van der Waals surface area (Å²) in [6.07, 6.45) is 1.55. The molecule has 1 N–H and O–H groups in total. The first-order valence-electron chi connectivity index (χ1n) is 8.56. The lowest BCUT2D eigenvalue weighted by Crippen LogP contribution is -2.18. The fraction of sp³-hybridized carbons (Fsp3) is 0.524. The molecule has 0 saturated heterocycles. The van der Waals surface area contributed by atoms with Crippen molar-refractivity contribution in [2.75, 3.05) is 6.61 Å². The number of hydrogen-bond donors (Lipinski definition) is 1. The highest BCUT2D eigenvalue weighted by Gasteiger charge is 2.26. The second-order valence-electron chi connectivity index (χ2n) is 8.30. The van der Waals surface area contributed by atoms with E-state index < -0.39 is 5.97 Å². The second-order valence-corrected chi connectivity index (χ2v) is 8.30. The Bertz CT molecular complexity index is 663. The quantitative estimate of drug-likeness (QED) is 0.377. The predicted molar refractivity (Wildman–Crippen MR) is 101 cm³/mol. The molecule has 1 rings (SSSR count). The Balaban J connectivity index is 3.67. The van der Waals surface area contributed by atoms with Crippen LogP contribution in [0.15, 0.2) is 17.7 Å². The largest absolute Gasteiger partial charge is 0.507 e. The van der Waals surface area contributed by atoms with Crippen LogP contribution in [0.5, 0.6) is 5.75 Å². The van der Waals surface area contributed by atoms with Gasteiger partial charge in [0.25, 0.3) is 0 Å². The van der Waals surface area contributed by atoms with Gasteiger partial charge in [-0.25, -0.2) is 4.79 Å². The van der Waals surface area contributed by atoms with Gasteiger partial charge in [-0.3, -0.25) is 4.79 Å². The summed E-state index contributed by atoms with van der Waals surface area (Å²) in [7, 11) is 0. The molecule has 0 atom stereocenters. The number of aromatic hydroxyl groups is 1. The first kappa shape index (κ1) is 20.9. The van der Waals surface area contributed by atoms with Gasteiger partial charge >= 0.3 is 5.97 Å². The second kappa shape index (κ2) is 7.42. The van der Waals surface area contributed by atoms with Crippen LogP contribution < -0.4 is 0 Å². The summed E-state index contributed by atoms with van der Waals surface area (Å²) in [5.41, 5.74) is 1.69. The molecule has 0 saturated carbocycles. The number of phenols is 1. The zero-order valence-corrected chi connectivity index (χ0v) is 16.6. The highest BCUT2D eigenvalue weighted by Crippen LogP contribution is 2.40. The zero-order chi connectivity index (χ0) is 19.6. The molecule has 0 aliphatic carbocycles. The molecule has 0 bridgehead atoms. The summed E-state index contributed by atoms with van der Waals surface area (Å²) in [5.74, 6) is -0.712. The number of Topliss-reactive ketones (excluding diaryl/α,β-unsaturated/α-hetero) is 1. The summed E-state index contributed by atoms with van der Waals surface area (Å²) in [5, 5.41) is 10.7. The number of rotatable bonds is 4. The minimum Gasteiger partial charge on any atom is -0.507 e. The van der Waals surface area contributed by atoms with Gasteiger partial charge in [-0.15, -0.1) is 0 Å². The van der Waals surface area contributed by atoms with E-state index in [2.05, 4.69) is 0 Å². The maximum absolute atomic E-state index is 12.1. The van der Waals surface area contributed by atoms with E-state index in [4.69, 9.17) is 4.74 Å². The standard InChI is InChI=1S/C21H30O4/c1-9-25-19(24)15(13(2)22)10-14-11-16(20(3,4)5)18(23)17(12-14)21(6,7)8/h10-12,23H,9H2,1-8H3. The van der Waals surface area contributed by atoms with Crippen molar-refractivity contribution in [1.29, 1.82) is 0 Å². The predicted octanol–water partition coefficient (Wildman–Crippen LogP) is 4.52. The van der Waals surface area contributed by atoms with Gasteiger partial charge in [0, 0.05) is 11.1 Å². The van der Waals surface area contributed by atoms with Crippen molar-refractivity contribution < 1.29 is 19.4 Å². The summed E-state index contributed by atoms with van der Waals surface area (Å²) in [6.45, 7) is 15.3. The van der Waals surface area contributed by atoms with E-state index in [1.165, 1.54) is 6.92 Å². The van der Waals surface area contributed by atoms with Crippen molar-refractivity contribution in [3.05, 3.63) is 34.4 Å². The molecule has 0 aromatic heterocycles. The average molecular weight is 346 g/mol. The van der Waals surface area contributed by atoms with E-state index in [1.54, 1.807) is 13.0 Å². The van der Waals surface area contributed by atoms with Gasteiger partial charge in [-0.2, -0.15) is 0 Å².